The fourth-order valence-corrected chi connectivity index (χ4v) is 0.619. The van der Waals surface area contributed by atoms with Crippen LogP contribution in [0, 0.1) is 0 Å². The Morgan fingerprint density at radius 1 is 1.67 bits per heavy atom. The van der Waals surface area contributed by atoms with Gasteiger partial charge in [0.05, 0.1) is 12.8 Å². The van der Waals surface area contributed by atoms with Crippen LogP contribution in [0.2, 0.25) is 0 Å². The van der Waals surface area contributed by atoms with Crippen LogP contribution >= 0.6 is 0 Å². The summed E-state index contributed by atoms with van der Waals surface area (Å²) in [6, 6.07) is 0. The third-order valence-electron chi connectivity index (χ3n) is 1.18. The molecule has 3 nitrogen and oxygen atoms in total. The second-order valence-electron chi connectivity index (χ2n) is 1.79. The van der Waals surface area contributed by atoms with E-state index in [1.807, 2.05) is 6.08 Å². The van der Waals surface area contributed by atoms with Gasteiger partial charge in [0.1, 0.15) is 0 Å². The summed E-state index contributed by atoms with van der Waals surface area (Å²) in [6.07, 6.45) is 4.78. The fourth-order valence-electron chi connectivity index (χ4n) is 0.619. The molecule has 0 aliphatic carbocycles. The van der Waals surface area contributed by atoms with E-state index in [1.54, 1.807) is 6.21 Å². The molecule has 3 heteroatoms. The van der Waals surface area contributed by atoms with E-state index in [-0.39, 0.29) is 0 Å². The van der Waals surface area contributed by atoms with Crippen molar-refractivity contribution in [3.8, 4) is 0 Å². The van der Waals surface area contributed by atoms with E-state index in [1.165, 1.54) is 5.57 Å². The highest BCUT2D eigenvalue weighted by Gasteiger charge is 1.89. The lowest BCUT2D eigenvalue weighted by Crippen LogP contribution is -1.80. The third-order valence-corrected chi connectivity index (χ3v) is 1.18. The predicted molar refractivity (Wildman–Crippen MR) is 36.6 cm³/mol. The van der Waals surface area contributed by atoms with Crippen LogP contribution in [0.1, 0.15) is 13.3 Å². The van der Waals surface area contributed by atoms with Gasteiger partial charge in [0.25, 0.3) is 0 Å². The first-order valence-electron chi connectivity index (χ1n) is 3.02. The first-order chi connectivity index (χ1) is 4.43. The molecule has 0 N–H and O–H groups in total. The maximum Gasteiger partial charge on any atom is 0.0808 e. The number of hydrogen-bond donors (Lipinski definition) is 0. The Labute approximate surface area is 54.2 Å². The molecule has 0 saturated carbocycles. The first kappa shape index (κ1) is 6.13. The first-order valence-corrected chi connectivity index (χ1v) is 3.02. The van der Waals surface area contributed by atoms with Crippen molar-refractivity contribution >= 4 is 6.21 Å². The minimum absolute atomic E-state index is 0.670. The molecule has 0 atom stereocenters. The lowest BCUT2D eigenvalue weighted by Gasteiger charge is -1.87. The largest absolute Gasteiger partial charge is 0.165 e. The molecule has 0 aromatic heterocycles. The molecule has 0 bridgehead atoms. The Bertz CT molecular complexity index is 167. The van der Waals surface area contributed by atoms with Crippen LogP contribution in [-0.4, -0.2) is 12.8 Å². The monoisotopic (exact) mass is 123 g/mol. The number of nitrogens with zero attached hydrogens (tertiary/aromatic N) is 3. The van der Waals surface area contributed by atoms with E-state index >= 15 is 0 Å². The molecule has 1 aliphatic rings. The highest BCUT2D eigenvalue weighted by atomic mass is 15.4. The Morgan fingerprint density at radius 2 is 2.56 bits per heavy atom. The SMILES string of the molecule is CCC1=CCN=NN=C1. The summed E-state index contributed by atoms with van der Waals surface area (Å²) < 4.78 is 0. The van der Waals surface area contributed by atoms with Crippen LogP contribution in [0.4, 0.5) is 0 Å². The summed E-state index contributed by atoms with van der Waals surface area (Å²) in [6.45, 7) is 2.76. The molecule has 0 unspecified atom stereocenters. The lowest BCUT2D eigenvalue weighted by atomic mass is 10.2. The van der Waals surface area contributed by atoms with Gasteiger partial charge in [-0.2, -0.15) is 5.11 Å². The van der Waals surface area contributed by atoms with Crippen LogP contribution in [0.3, 0.4) is 0 Å². The summed E-state index contributed by atoms with van der Waals surface area (Å²) >= 11 is 0. The molecular formula is C6H9N3. The average Bonchev–Trinajstić information content (AvgIpc) is 2.13. The van der Waals surface area contributed by atoms with Crippen molar-refractivity contribution in [1.29, 1.82) is 0 Å². The van der Waals surface area contributed by atoms with Crippen LogP contribution in [0.15, 0.2) is 27.1 Å². The van der Waals surface area contributed by atoms with Gasteiger partial charge in [-0.05, 0) is 17.2 Å². The molecule has 0 aromatic carbocycles. The highest BCUT2D eigenvalue weighted by Crippen LogP contribution is 1.99. The van der Waals surface area contributed by atoms with Crippen molar-refractivity contribution in [2.24, 2.45) is 15.4 Å². The predicted octanol–water partition coefficient (Wildman–Crippen LogP) is 1.77. The van der Waals surface area contributed by atoms with E-state index < -0.39 is 0 Å². The number of rotatable bonds is 1. The quantitative estimate of drug-likeness (QED) is 0.509. The molecule has 9 heavy (non-hydrogen) atoms. The molecule has 1 heterocycles. The normalized spacial score (nSPS) is 17.2. The van der Waals surface area contributed by atoms with Crippen LogP contribution < -0.4 is 0 Å². The van der Waals surface area contributed by atoms with Crippen molar-refractivity contribution < 1.29 is 0 Å². The Kier molecular flexibility index (Phi) is 2.13. The van der Waals surface area contributed by atoms with Gasteiger partial charge in [-0.15, -0.1) is 5.10 Å². The molecule has 0 radical (unpaired) electrons. The topological polar surface area (TPSA) is 37.1 Å². The van der Waals surface area contributed by atoms with Gasteiger partial charge in [-0.25, -0.2) is 0 Å². The van der Waals surface area contributed by atoms with Crippen molar-refractivity contribution in [2.75, 3.05) is 6.54 Å². The Morgan fingerprint density at radius 3 is 3.33 bits per heavy atom. The summed E-state index contributed by atoms with van der Waals surface area (Å²) in [5.74, 6) is 0. The van der Waals surface area contributed by atoms with Crippen LogP contribution in [-0.2, 0) is 0 Å². The van der Waals surface area contributed by atoms with Gasteiger partial charge in [0, 0.05) is 0 Å². The van der Waals surface area contributed by atoms with Gasteiger partial charge in [-0.1, -0.05) is 13.0 Å². The Balaban J connectivity index is 2.63. The number of hydrogen-bond acceptors (Lipinski definition) is 3. The minimum Gasteiger partial charge on any atom is -0.165 e. The summed E-state index contributed by atoms with van der Waals surface area (Å²) in [5, 5.41) is 10.9. The van der Waals surface area contributed by atoms with E-state index in [2.05, 4.69) is 22.4 Å². The van der Waals surface area contributed by atoms with E-state index in [4.69, 9.17) is 0 Å². The van der Waals surface area contributed by atoms with Gasteiger partial charge < -0.3 is 0 Å². The maximum absolute atomic E-state index is 3.72. The van der Waals surface area contributed by atoms with Gasteiger partial charge >= 0.3 is 0 Å². The molecule has 0 spiro atoms. The smallest absolute Gasteiger partial charge is 0.0808 e. The zero-order valence-corrected chi connectivity index (χ0v) is 5.41. The zero-order chi connectivity index (χ0) is 6.53. The lowest BCUT2D eigenvalue weighted by molar-refractivity contribution is 0.979. The van der Waals surface area contributed by atoms with Gasteiger partial charge in [0.15, 0.2) is 0 Å². The maximum atomic E-state index is 3.72. The molecule has 1 aliphatic heterocycles. The molecule has 0 fully saturated rings. The van der Waals surface area contributed by atoms with Crippen molar-refractivity contribution in [2.45, 2.75) is 13.3 Å². The van der Waals surface area contributed by atoms with Crippen LogP contribution in [0.25, 0.3) is 0 Å². The molecule has 48 valence electrons. The van der Waals surface area contributed by atoms with Crippen molar-refractivity contribution in [1.82, 2.24) is 0 Å². The minimum atomic E-state index is 0.670. The molecule has 0 amide bonds. The Hall–Kier alpha value is -0.990. The zero-order valence-electron chi connectivity index (χ0n) is 5.41. The van der Waals surface area contributed by atoms with Crippen LogP contribution in [0.5, 0.6) is 0 Å². The molecular weight excluding hydrogens is 114 g/mol. The highest BCUT2D eigenvalue weighted by molar-refractivity contribution is 5.78. The van der Waals surface area contributed by atoms with E-state index in [0.29, 0.717) is 6.54 Å². The standard InChI is InChI=1S/C6H9N3/c1-2-6-3-4-7-9-8-5-6/h3,5H,2,4H2,1H3. The third kappa shape index (κ3) is 1.76. The number of allylic oxidation sites excluding steroid dienone is 1. The molecule has 0 aromatic rings. The fraction of sp³-hybridized carbons (Fsp3) is 0.500. The second kappa shape index (κ2) is 3.12. The molecule has 0 saturated heterocycles. The summed E-state index contributed by atoms with van der Waals surface area (Å²) in [5.41, 5.74) is 1.21. The van der Waals surface area contributed by atoms with Gasteiger partial charge in [0.2, 0.25) is 0 Å². The van der Waals surface area contributed by atoms with E-state index in [0.717, 1.165) is 6.42 Å². The van der Waals surface area contributed by atoms with Crippen molar-refractivity contribution in [3.63, 3.8) is 0 Å². The summed E-state index contributed by atoms with van der Waals surface area (Å²) in [4.78, 5) is 0. The second-order valence-corrected chi connectivity index (χ2v) is 1.79. The molecule has 1 rings (SSSR count). The van der Waals surface area contributed by atoms with Gasteiger partial charge in [-0.3, -0.25) is 0 Å². The summed E-state index contributed by atoms with van der Waals surface area (Å²) in [7, 11) is 0. The average molecular weight is 123 g/mol. The van der Waals surface area contributed by atoms with E-state index in [9.17, 15) is 0 Å². The van der Waals surface area contributed by atoms with Crippen molar-refractivity contribution in [3.05, 3.63) is 11.6 Å².